The molecule has 0 fully saturated rings. The highest BCUT2D eigenvalue weighted by atomic mass is 32.1. The third-order valence-corrected chi connectivity index (χ3v) is 3.39. The maximum atomic E-state index is 11.7. The Hall–Kier alpha value is -2.15. The minimum absolute atomic E-state index is 0.00674. The molecular weight excluding hydrogens is 268 g/mol. The average Bonchev–Trinajstić information content (AvgIpc) is 2.98. The standard InChI is InChI=1S/C12H12N2O4S/c1-7-6-19-10(14-7)2-3-13-11(15)9-4-8(5-18-9)12(16)17/h4-6H,2-3H2,1H3,(H,13,15)(H,16,17). The summed E-state index contributed by atoms with van der Waals surface area (Å²) in [7, 11) is 0. The van der Waals surface area contributed by atoms with Gasteiger partial charge < -0.3 is 14.8 Å². The molecule has 2 heterocycles. The van der Waals surface area contributed by atoms with Crippen LogP contribution < -0.4 is 5.32 Å². The van der Waals surface area contributed by atoms with Crippen molar-refractivity contribution in [3.63, 3.8) is 0 Å². The van der Waals surface area contributed by atoms with Crippen molar-refractivity contribution >= 4 is 23.2 Å². The summed E-state index contributed by atoms with van der Waals surface area (Å²) >= 11 is 1.54. The summed E-state index contributed by atoms with van der Waals surface area (Å²) in [5.74, 6) is -1.56. The zero-order valence-electron chi connectivity index (χ0n) is 10.2. The molecule has 1 amide bonds. The van der Waals surface area contributed by atoms with Gasteiger partial charge in [-0.05, 0) is 6.92 Å². The number of aromatic carboxylic acids is 1. The van der Waals surface area contributed by atoms with E-state index in [0.717, 1.165) is 17.0 Å². The van der Waals surface area contributed by atoms with Crippen molar-refractivity contribution in [2.24, 2.45) is 0 Å². The van der Waals surface area contributed by atoms with E-state index >= 15 is 0 Å². The second kappa shape index (κ2) is 5.66. The fourth-order valence-corrected chi connectivity index (χ4v) is 2.23. The quantitative estimate of drug-likeness (QED) is 0.869. The molecule has 2 aromatic heterocycles. The van der Waals surface area contributed by atoms with E-state index in [1.54, 1.807) is 11.3 Å². The van der Waals surface area contributed by atoms with Crippen molar-refractivity contribution in [2.75, 3.05) is 6.54 Å². The lowest BCUT2D eigenvalue weighted by Gasteiger charge is -2.00. The Balaban J connectivity index is 1.85. The van der Waals surface area contributed by atoms with Crippen molar-refractivity contribution in [3.05, 3.63) is 39.7 Å². The molecule has 0 aliphatic carbocycles. The van der Waals surface area contributed by atoms with Crippen LogP contribution in [0.15, 0.2) is 22.1 Å². The van der Waals surface area contributed by atoms with Crippen molar-refractivity contribution in [1.82, 2.24) is 10.3 Å². The SMILES string of the molecule is Cc1csc(CCNC(=O)c2cc(C(=O)O)co2)n1. The molecule has 0 atom stereocenters. The number of furan rings is 1. The molecule has 100 valence electrons. The van der Waals surface area contributed by atoms with Gasteiger partial charge in [-0.3, -0.25) is 4.79 Å². The number of carboxylic acid groups (broad SMARTS) is 1. The molecule has 0 saturated heterocycles. The molecule has 0 bridgehead atoms. The van der Waals surface area contributed by atoms with Gasteiger partial charge in [-0.1, -0.05) is 0 Å². The Morgan fingerprint density at radius 3 is 2.89 bits per heavy atom. The molecule has 2 aromatic rings. The predicted molar refractivity (Wildman–Crippen MR) is 68.6 cm³/mol. The smallest absolute Gasteiger partial charge is 0.338 e. The first-order chi connectivity index (χ1) is 9.06. The minimum Gasteiger partial charge on any atom is -0.478 e. The van der Waals surface area contributed by atoms with E-state index in [1.807, 2.05) is 12.3 Å². The molecule has 0 unspecified atom stereocenters. The number of rotatable bonds is 5. The van der Waals surface area contributed by atoms with Crippen LogP contribution in [0.4, 0.5) is 0 Å². The van der Waals surface area contributed by atoms with Gasteiger partial charge in [-0.2, -0.15) is 0 Å². The maximum absolute atomic E-state index is 11.7. The number of carbonyl (C=O) groups is 2. The monoisotopic (exact) mass is 280 g/mol. The molecule has 2 N–H and O–H groups in total. The summed E-state index contributed by atoms with van der Waals surface area (Å²) in [6, 6.07) is 1.20. The second-order valence-corrected chi connectivity index (χ2v) is 4.84. The first-order valence-electron chi connectivity index (χ1n) is 5.57. The Kier molecular flexibility index (Phi) is 3.96. The number of thiazole rings is 1. The Morgan fingerprint density at radius 1 is 1.53 bits per heavy atom. The fraction of sp³-hybridized carbons (Fsp3) is 0.250. The number of carboxylic acids is 1. The molecule has 0 aliphatic heterocycles. The first-order valence-corrected chi connectivity index (χ1v) is 6.45. The van der Waals surface area contributed by atoms with Crippen LogP contribution in [-0.2, 0) is 6.42 Å². The van der Waals surface area contributed by atoms with Crippen molar-refractivity contribution in [1.29, 1.82) is 0 Å². The van der Waals surface area contributed by atoms with Gasteiger partial charge in [-0.15, -0.1) is 11.3 Å². The summed E-state index contributed by atoms with van der Waals surface area (Å²) in [5.41, 5.74) is 0.921. The van der Waals surface area contributed by atoms with Crippen LogP contribution in [0.5, 0.6) is 0 Å². The highest BCUT2D eigenvalue weighted by Gasteiger charge is 2.14. The number of hydrogen-bond donors (Lipinski definition) is 2. The van der Waals surface area contributed by atoms with E-state index in [0.29, 0.717) is 13.0 Å². The van der Waals surface area contributed by atoms with Gasteiger partial charge in [0.1, 0.15) is 6.26 Å². The van der Waals surface area contributed by atoms with Crippen molar-refractivity contribution in [3.8, 4) is 0 Å². The van der Waals surface area contributed by atoms with Gasteiger partial charge in [0.2, 0.25) is 0 Å². The highest BCUT2D eigenvalue weighted by molar-refractivity contribution is 7.09. The molecular formula is C12H12N2O4S. The number of hydrogen-bond acceptors (Lipinski definition) is 5. The van der Waals surface area contributed by atoms with Crippen LogP contribution in [-0.4, -0.2) is 28.5 Å². The maximum Gasteiger partial charge on any atom is 0.338 e. The van der Waals surface area contributed by atoms with E-state index < -0.39 is 11.9 Å². The van der Waals surface area contributed by atoms with Gasteiger partial charge in [0.25, 0.3) is 5.91 Å². The number of carbonyl (C=O) groups excluding carboxylic acids is 1. The normalized spacial score (nSPS) is 10.4. The molecule has 0 aromatic carbocycles. The average molecular weight is 280 g/mol. The summed E-state index contributed by atoms with van der Waals surface area (Å²) in [6.45, 7) is 2.34. The van der Waals surface area contributed by atoms with Crippen LogP contribution >= 0.6 is 11.3 Å². The van der Waals surface area contributed by atoms with Crippen LogP contribution in [0, 0.1) is 6.92 Å². The van der Waals surface area contributed by atoms with E-state index in [4.69, 9.17) is 9.52 Å². The van der Waals surface area contributed by atoms with E-state index in [2.05, 4.69) is 10.3 Å². The van der Waals surface area contributed by atoms with Crippen LogP contribution in [0.25, 0.3) is 0 Å². The van der Waals surface area contributed by atoms with Crippen LogP contribution in [0.2, 0.25) is 0 Å². The summed E-state index contributed by atoms with van der Waals surface area (Å²) < 4.78 is 4.89. The highest BCUT2D eigenvalue weighted by Crippen LogP contribution is 2.09. The lowest BCUT2D eigenvalue weighted by atomic mass is 10.3. The van der Waals surface area contributed by atoms with Crippen molar-refractivity contribution in [2.45, 2.75) is 13.3 Å². The molecule has 7 heteroatoms. The Labute approximate surface area is 113 Å². The third-order valence-electron chi connectivity index (χ3n) is 2.36. The van der Waals surface area contributed by atoms with Gasteiger partial charge in [0.05, 0.1) is 10.6 Å². The topological polar surface area (TPSA) is 92.4 Å². The number of nitrogens with one attached hydrogen (secondary N) is 1. The van der Waals surface area contributed by atoms with Gasteiger partial charge in [0, 0.05) is 30.1 Å². The summed E-state index contributed by atoms with van der Waals surface area (Å²) in [6.07, 6.45) is 1.68. The fourth-order valence-electron chi connectivity index (χ4n) is 1.46. The third kappa shape index (κ3) is 3.41. The lowest BCUT2D eigenvalue weighted by Crippen LogP contribution is -2.25. The Bertz CT molecular complexity index is 602. The van der Waals surface area contributed by atoms with E-state index in [9.17, 15) is 9.59 Å². The number of amides is 1. The van der Waals surface area contributed by atoms with Crippen molar-refractivity contribution < 1.29 is 19.1 Å². The van der Waals surface area contributed by atoms with E-state index in [1.165, 1.54) is 6.07 Å². The van der Waals surface area contributed by atoms with Gasteiger partial charge >= 0.3 is 5.97 Å². The molecule has 0 aliphatic rings. The molecule has 6 nitrogen and oxygen atoms in total. The minimum atomic E-state index is -1.12. The molecule has 0 saturated carbocycles. The Morgan fingerprint density at radius 2 is 2.32 bits per heavy atom. The largest absolute Gasteiger partial charge is 0.478 e. The zero-order chi connectivity index (χ0) is 13.8. The lowest BCUT2D eigenvalue weighted by molar-refractivity contribution is 0.0696. The molecule has 2 rings (SSSR count). The molecule has 0 spiro atoms. The number of nitrogens with zero attached hydrogens (tertiary/aromatic N) is 1. The number of aryl methyl sites for hydroxylation is 1. The van der Waals surface area contributed by atoms with Crippen LogP contribution in [0.1, 0.15) is 31.6 Å². The summed E-state index contributed by atoms with van der Waals surface area (Å²) in [5, 5.41) is 14.3. The zero-order valence-corrected chi connectivity index (χ0v) is 11.0. The van der Waals surface area contributed by atoms with Gasteiger partial charge in [-0.25, -0.2) is 9.78 Å². The summed E-state index contributed by atoms with van der Waals surface area (Å²) in [4.78, 5) is 26.6. The predicted octanol–water partition coefficient (Wildman–Crippen LogP) is 1.72. The van der Waals surface area contributed by atoms with Crippen LogP contribution in [0.3, 0.4) is 0 Å². The molecule has 0 radical (unpaired) electrons. The number of aromatic nitrogens is 1. The van der Waals surface area contributed by atoms with Gasteiger partial charge in [0.15, 0.2) is 5.76 Å². The molecule has 19 heavy (non-hydrogen) atoms. The second-order valence-electron chi connectivity index (χ2n) is 3.89. The first kappa shape index (κ1) is 13.3. The van der Waals surface area contributed by atoms with E-state index in [-0.39, 0.29) is 11.3 Å².